The van der Waals surface area contributed by atoms with Crippen LogP contribution in [0.5, 0.6) is 5.75 Å². The third-order valence-corrected chi connectivity index (χ3v) is 3.94. The second-order valence-electron chi connectivity index (χ2n) is 5.74. The molecule has 0 fully saturated rings. The third-order valence-electron chi connectivity index (χ3n) is 3.94. The summed E-state index contributed by atoms with van der Waals surface area (Å²) in [6, 6.07) is 11.9. The minimum atomic E-state index is -0.354. The highest BCUT2D eigenvalue weighted by atomic mass is 19.1. The molecule has 3 rings (SSSR count). The maximum atomic E-state index is 13.7. The van der Waals surface area contributed by atoms with Crippen LogP contribution in [-0.4, -0.2) is 19.2 Å². The van der Waals surface area contributed by atoms with E-state index in [1.807, 2.05) is 0 Å². The Morgan fingerprint density at radius 2 is 2.19 bits per heavy atom. The standard InChI is InChI=1S/C20H17FN2O3/c21-18-9-15(20-17(10-18)12-25-13-26-20)7-8-23-19(24)6-5-14-3-1-2-4-16(14)11-22/h1-6,9-10H,7-8,12-13H2,(H,23,24)/b6-5+. The summed E-state index contributed by atoms with van der Waals surface area (Å²) in [5.41, 5.74) is 2.55. The number of halogens is 1. The van der Waals surface area contributed by atoms with Gasteiger partial charge in [0.15, 0.2) is 6.79 Å². The molecule has 1 heterocycles. The van der Waals surface area contributed by atoms with Crippen LogP contribution in [-0.2, 0) is 22.6 Å². The summed E-state index contributed by atoms with van der Waals surface area (Å²) in [6.45, 7) is 0.787. The highest BCUT2D eigenvalue weighted by molar-refractivity contribution is 5.92. The molecule has 0 unspecified atom stereocenters. The molecule has 0 saturated heterocycles. The Morgan fingerprint density at radius 3 is 3.04 bits per heavy atom. The maximum absolute atomic E-state index is 13.7. The van der Waals surface area contributed by atoms with Gasteiger partial charge in [-0.15, -0.1) is 0 Å². The summed E-state index contributed by atoms with van der Waals surface area (Å²) in [7, 11) is 0. The Bertz CT molecular complexity index is 887. The van der Waals surface area contributed by atoms with E-state index in [9.17, 15) is 9.18 Å². The molecule has 0 atom stereocenters. The van der Waals surface area contributed by atoms with E-state index in [1.54, 1.807) is 30.3 Å². The fourth-order valence-electron chi connectivity index (χ4n) is 2.73. The molecule has 0 spiro atoms. The van der Waals surface area contributed by atoms with Gasteiger partial charge in [0, 0.05) is 18.2 Å². The van der Waals surface area contributed by atoms with Gasteiger partial charge in [0.05, 0.1) is 18.2 Å². The van der Waals surface area contributed by atoms with E-state index < -0.39 is 0 Å². The summed E-state index contributed by atoms with van der Waals surface area (Å²) in [5.74, 6) is -0.00941. The lowest BCUT2D eigenvalue weighted by Gasteiger charge is -2.20. The minimum Gasteiger partial charge on any atom is -0.467 e. The Kier molecular flexibility index (Phi) is 5.62. The van der Waals surface area contributed by atoms with Crippen molar-refractivity contribution in [3.8, 4) is 11.8 Å². The van der Waals surface area contributed by atoms with E-state index >= 15 is 0 Å². The van der Waals surface area contributed by atoms with Crippen molar-refractivity contribution in [1.82, 2.24) is 5.32 Å². The molecule has 2 aromatic carbocycles. The predicted molar refractivity (Wildman–Crippen MR) is 93.6 cm³/mol. The number of hydrogen-bond acceptors (Lipinski definition) is 4. The van der Waals surface area contributed by atoms with Gasteiger partial charge in [-0.2, -0.15) is 5.26 Å². The lowest BCUT2D eigenvalue weighted by Crippen LogP contribution is -2.24. The van der Waals surface area contributed by atoms with Gasteiger partial charge in [0.2, 0.25) is 5.91 Å². The van der Waals surface area contributed by atoms with Crippen LogP contribution in [0.25, 0.3) is 6.08 Å². The van der Waals surface area contributed by atoms with Gasteiger partial charge in [-0.05, 0) is 41.8 Å². The number of nitrogens with one attached hydrogen (secondary N) is 1. The lowest BCUT2D eigenvalue weighted by molar-refractivity contribution is -0.116. The van der Waals surface area contributed by atoms with Crippen molar-refractivity contribution in [2.75, 3.05) is 13.3 Å². The molecule has 0 aromatic heterocycles. The molecule has 132 valence electrons. The van der Waals surface area contributed by atoms with Crippen LogP contribution in [0.4, 0.5) is 4.39 Å². The summed E-state index contributed by atoms with van der Waals surface area (Å²) < 4.78 is 24.3. The topological polar surface area (TPSA) is 71.4 Å². The fraction of sp³-hybridized carbons (Fsp3) is 0.200. The third kappa shape index (κ3) is 4.26. The molecule has 26 heavy (non-hydrogen) atoms. The molecule has 1 N–H and O–H groups in total. The minimum absolute atomic E-state index is 0.138. The Morgan fingerprint density at radius 1 is 1.35 bits per heavy atom. The molecule has 5 nitrogen and oxygen atoms in total. The monoisotopic (exact) mass is 352 g/mol. The smallest absolute Gasteiger partial charge is 0.244 e. The van der Waals surface area contributed by atoms with Crippen molar-refractivity contribution in [1.29, 1.82) is 5.26 Å². The number of rotatable bonds is 5. The zero-order chi connectivity index (χ0) is 18.4. The number of amides is 1. The quantitative estimate of drug-likeness (QED) is 0.840. The number of ether oxygens (including phenoxy) is 2. The molecule has 0 aliphatic carbocycles. The number of nitriles is 1. The van der Waals surface area contributed by atoms with Gasteiger partial charge in [-0.3, -0.25) is 4.79 Å². The van der Waals surface area contributed by atoms with Gasteiger partial charge < -0.3 is 14.8 Å². The average Bonchev–Trinajstić information content (AvgIpc) is 2.66. The number of hydrogen-bond donors (Lipinski definition) is 1. The van der Waals surface area contributed by atoms with Crippen LogP contribution >= 0.6 is 0 Å². The lowest BCUT2D eigenvalue weighted by atomic mass is 10.1. The van der Waals surface area contributed by atoms with Crippen LogP contribution in [0.1, 0.15) is 22.3 Å². The van der Waals surface area contributed by atoms with Crippen LogP contribution in [0.15, 0.2) is 42.5 Å². The first-order valence-electron chi connectivity index (χ1n) is 8.14. The molecule has 1 amide bonds. The van der Waals surface area contributed by atoms with Gasteiger partial charge in [-0.25, -0.2) is 4.39 Å². The second-order valence-corrected chi connectivity index (χ2v) is 5.74. The second kappa shape index (κ2) is 8.28. The largest absolute Gasteiger partial charge is 0.467 e. The summed E-state index contributed by atoms with van der Waals surface area (Å²) in [5, 5.41) is 11.8. The van der Waals surface area contributed by atoms with E-state index in [0.717, 1.165) is 0 Å². The van der Waals surface area contributed by atoms with E-state index in [1.165, 1.54) is 18.2 Å². The van der Waals surface area contributed by atoms with Crippen molar-refractivity contribution in [3.63, 3.8) is 0 Å². The Labute approximate surface area is 150 Å². The molecular formula is C20H17FN2O3. The Balaban J connectivity index is 1.59. The number of nitrogens with zero attached hydrogens (tertiary/aromatic N) is 1. The van der Waals surface area contributed by atoms with Crippen molar-refractivity contribution >= 4 is 12.0 Å². The number of carbonyl (C=O) groups is 1. The predicted octanol–water partition coefficient (Wildman–Crippen LogP) is 2.94. The van der Waals surface area contributed by atoms with E-state index in [0.29, 0.717) is 47.6 Å². The zero-order valence-electron chi connectivity index (χ0n) is 14.0. The van der Waals surface area contributed by atoms with Crippen molar-refractivity contribution in [3.05, 3.63) is 70.5 Å². The summed E-state index contributed by atoms with van der Waals surface area (Å²) in [4.78, 5) is 12.0. The SMILES string of the molecule is N#Cc1ccccc1/C=C/C(=O)NCCc1cc(F)cc2c1OCOC2. The highest BCUT2D eigenvalue weighted by Gasteiger charge is 2.16. The highest BCUT2D eigenvalue weighted by Crippen LogP contribution is 2.29. The summed E-state index contributed by atoms with van der Waals surface area (Å²) in [6.07, 6.45) is 3.41. The molecule has 1 aliphatic rings. The van der Waals surface area contributed by atoms with Crippen molar-refractivity contribution < 1.29 is 18.7 Å². The van der Waals surface area contributed by atoms with E-state index in [-0.39, 0.29) is 18.5 Å². The van der Waals surface area contributed by atoms with Crippen LogP contribution in [0.2, 0.25) is 0 Å². The van der Waals surface area contributed by atoms with Gasteiger partial charge in [-0.1, -0.05) is 18.2 Å². The van der Waals surface area contributed by atoms with Crippen LogP contribution in [0.3, 0.4) is 0 Å². The molecule has 0 bridgehead atoms. The molecular weight excluding hydrogens is 335 g/mol. The van der Waals surface area contributed by atoms with E-state index in [4.69, 9.17) is 14.7 Å². The van der Waals surface area contributed by atoms with Gasteiger partial charge >= 0.3 is 0 Å². The maximum Gasteiger partial charge on any atom is 0.244 e. The molecule has 2 aromatic rings. The first-order chi connectivity index (χ1) is 12.7. The first kappa shape index (κ1) is 17.6. The molecule has 0 saturated carbocycles. The normalized spacial score (nSPS) is 12.9. The zero-order valence-corrected chi connectivity index (χ0v) is 14.0. The fourth-order valence-corrected chi connectivity index (χ4v) is 2.73. The Hall–Kier alpha value is -3.17. The number of fused-ring (bicyclic) bond motifs is 1. The van der Waals surface area contributed by atoms with Crippen LogP contribution < -0.4 is 10.1 Å². The molecule has 6 heteroatoms. The van der Waals surface area contributed by atoms with Crippen molar-refractivity contribution in [2.45, 2.75) is 13.0 Å². The van der Waals surface area contributed by atoms with Crippen molar-refractivity contribution in [2.24, 2.45) is 0 Å². The van der Waals surface area contributed by atoms with Gasteiger partial charge in [0.25, 0.3) is 0 Å². The van der Waals surface area contributed by atoms with E-state index in [2.05, 4.69) is 11.4 Å². The number of carbonyl (C=O) groups excluding carboxylic acids is 1. The van der Waals surface area contributed by atoms with Gasteiger partial charge in [0.1, 0.15) is 11.6 Å². The molecule has 0 radical (unpaired) electrons. The molecule has 1 aliphatic heterocycles. The summed E-state index contributed by atoms with van der Waals surface area (Å²) >= 11 is 0. The first-order valence-corrected chi connectivity index (χ1v) is 8.14. The average molecular weight is 352 g/mol. The van der Waals surface area contributed by atoms with Crippen LogP contribution in [0, 0.1) is 17.1 Å². The number of benzene rings is 2.